The first-order chi connectivity index (χ1) is 13.6. The molecule has 3 atom stereocenters. The molecule has 4 nitrogen and oxygen atoms in total. The predicted octanol–water partition coefficient (Wildman–Crippen LogP) is 5.01. The normalized spacial score (nSPS) is 26.3. The van der Waals surface area contributed by atoms with Crippen molar-refractivity contribution in [1.29, 1.82) is 0 Å². The minimum Gasteiger partial charge on any atom is -0.393 e. The van der Waals surface area contributed by atoms with Gasteiger partial charge in [-0.05, 0) is 69.5 Å². The van der Waals surface area contributed by atoms with Gasteiger partial charge in [0.05, 0.1) is 11.8 Å². The zero-order valence-corrected chi connectivity index (χ0v) is 17.4. The van der Waals surface area contributed by atoms with E-state index >= 15 is 0 Å². The van der Waals surface area contributed by atoms with Gasteiger partial charge in [-0.25, -0.2) is 9.97 Å². The molecule has 150 valence electrons. The first-order valence-corrected chi connectivity index (χ1v) is 11.0. The van der Waals surface area contributed by atoms with E-state index in [1.54, 1.807) is 0 Å². The average molecular weight is 400 g/mol. The Morgan fingerprint density at radius 1 is 1.04 bits per heavy atom. The lowest BCUT2D eigenvalue weighted by Crippen LogP contribution is -2.48. The van der Waals surface area contributed by atoms with Crippen molar-refractivity contribution in [3.63, 3.8) is 0 Å². The number of rotatable bonds is 4. The van der Waals surface area contributed by atoms with Crippen molar-refractivity contribution in [2.24, 2.45) is 5.92 Å². The molecule has 2 aliphatic rings. The van der Waals surface area contributed by atoms with E-state index in [2.05, 4.69) is 16.0 Å². The van der Waals surface area contributed by atoms with Crippen LogP contribution in [0.2, 0.25) is 5.02 Å². The van der Waals surface area contributed by atoms with E-state index in [0.29, 0.717) is 12.0 Å². The van der Waals surface area contributed by atoms with Gasteiger partial charge in [-0.3, -0.25) is 4.90 Å². The van der Waals surface area contributed by atoms with Crippen LogP contribution in [0.5, 0.6) is 0 Å². The van der Waals surface area contributed by atoms with Crippen LogP contribution in [-0.2, 0) is 6.54 Å². The minimum atomic E-state index is -0.142. The van der Waals surface area contributed by atoms with Crippen molar-refractivity contribution in [2.75, 3.05) is 6.54 Å². The van der Waals surface area contributed by atoms with Gasteiger partial charge >= 0.3 is 0 Å². The molecule has 1 aromatic carbocycles. The van der Waals surface area contributed by atoms with Gasteiger partial charge < -0.3 is 5.11 Å². The van der Waals surface area contributed by atoms with Gasteiger partial charge in [0.15, 0.2) is 5.82 Å². The highest BCUT2D eigenvalue weighted by Gasteiger charge is 2.35. The third-order valence-electron chi connectivity index (χ3n) is 6.31. The van der Waals surface area contributed by atoms with Gasteiger partial charge in [-0.2, -0.15) is 0 Å². The zero-order chi connectivity index (χ0) is 19.5. The van der Waals surface area contributed by atoms with E-state index in [4.69, 9.17) is 16.6 Å². The summed E-state index contributed by atoms with van der Waals surface area (Å²) in [7, 11) is 0. The second-order valence-electron chi connectivity index (χ2n) is 8.38. The highest BCUT2D eigenvalue weighted by Crippen LogP contribution is 2.34. The van der Waals surface area contributed by atoms with E-state index in [-0.39, 0.29) is 6.10 Å². The summed E-state index contributed by atoms with van der Waals surface area (Å²) >= 11 is 6.02. The lowest BCUT2D eigenvalue weighted by atomic mass is 9.78. The third-order valence-corrected chi connectivity index (χ3v) is 6.57. The summed E-state index contributed by atoms with van der Waals surface area (Å²) in [5, 5.41) is 11.3. The van der Waals surface area contributed by atoms with E-state index in [1.165, 1.54) is 32.1 Å². The molecule has 1 aromatic heterocycles. The van der Waals surface area contributed by atoms with Crippen LogP contribution in [0.25, 0.3) is 11.4 Å². The smallest absolute Gasteiger partial charge is 0.159 e. The molecule has 5 heteroatoms. The molecule has 2 fully saturated rings. The van der Waals surface area contributed by atoms with Crippen LogP contribution in [0.3, 0.4) is 0 Å². The minimum absolute atomic E-state index is 0.142. The van der Waals surface area contributed by atoms with Crippen LogP contribution >= 0.6 is 11.6 Å². The van der Waals surface area contributed by atoms with Crippen LogP contribution in [0.4, 0.5) is 0 Å². The summed E-state index contributed by atoms with van der Waals surface area (Å²) in [6.45, 7) is 3.95. The van der Waals surface area contributed by atoms with Crippen molar-refractivity contribution >= 4 is 11.6 Å². The molecular weight excluding hydrogens is 370 g/mol. The van der Waals surface area contributed by atoms with E-state index < -0.39 is 0 Å². The molecule has 1 aliphatic heterocycles. The number of piperidine rings is 1. The Bertz CT molecular complexity index is 795. The molecule has 1 N–H and O–H groups in total. The summed E-state index contributed by atoms with van der Waals surface area (Å²) in [5.41, 5.74) is 3.04. The predicted molar refractivity (Wildman–Crippen MR) is 113 cm³/mol. The van der Waals surface area contributed by atoms with E-state index in [9.17, 15) is 5.11 Å². The second-order valence-corrected chi connectivity index (χ2v) is 8.82. The molecule has 0 bridgehead atoms. The number of aromatic nitrogens is 2. The summed E-state index contributed by atoms with van der Waals surface area (Å²) in [6.07, 6.45) is 8.08. The topological polar surface area (TPSA) is 49.2 Å². The quantitative estimate of drug-likeness (QED) is 0.784. The molecule has 2 heterocycles. The Balaban J connectivity index is 1.55. The monoisotopic (exact) mass is 399 g/mol. The molecular formula is C23H30ClN3O. The summed E-state index contributed by atoms with van der Waals surface area (Å²) in [6, 6.07) is 10.3. The van der Waals surface area contributed by atoms with Crippen molar-refractivity contribution in [2.45, 2.75) is 70.6 Å². The average Bonchev–Trinajstić information content (AvgIpc) is 2.69. The highest BCUT2D eigenvalue weighted by atomic mass is 35.5. The fraction of sp³-hybridized carbons (Fsp3) is 0.565. The fourth-order valence-corrected chi connectivity index (χ4v) is 5.06. The molecule has 0 amide bonds. The lowest BCUT2D eigenvalue weighted by Gasteiger charge is -2.43. The van der Waals surface area contributed by atoms with Gasteiger partial charge in [0.1, 0.15) is 0 Å². The van der Waals surface area contributed by atoms with Gasteiger partial charge in [0, 0.05) is 34.8 Å². The first kappa shape index (κ1) is 19.8. The summed E-state index contributed by atoms with van der Waals surface area (Å²) < 4.78 is 0. The Kier molecular flexibility index (Phi) is 6.29. The molecule has 1 saturated carbocycles. The van der Waals surface area contributed by atoms with Gasteiger partial charge in [-0.1, -0.05) is 30.9 Å². The number of likely N-dealkylation sites (tertiary alicyclic amines) is 1. The molecule has 28 heavy (non-hydrogen) atoms. The van der Waals surface area contributed by atoms with Crippen molar-refractivity contribution in [3.8, 4) is 11.4 Å². The van der Waals surface area contributed by atoms with Crippen LogP contribution in [0, 0.1) is 12.8 Å². The number of hydrogen-bond acceptors (Lipinski definition) is 4. The third kappa shape index (κ3) is 4.56. The van der Waals surface area contributed by atoms with Crippen LogP contribution < -0.4 is 0 Å². The summed E-state index contributed by atoms with van der Waals surface area (Å²) in [4.78, 5) is 12.1. The first-order valence-electron chi connectivity index (χ1n) is 10.6. The summed E-state index contributed by atoms with van der Waals surface area (Å²) in [5.74, 6) is 1.17. The lowest BCUT2D eigenvalue weighted by molar-refractivity contribution is -0.00902. The van der Waals surface area contributed by atoms with Crippen molar-refractivity contribution < 1.29 is 5.11 Å². The van der Waals surface area contributed by atoms with Gasteiger partial charge in [0.25, 0.3) is 0 Å². The maximum Gasteiger partial charge on any atom is 0.159 e. The second kappa shape index (κ2) is 8.89. The number of benzene rings is 1. The number of aliphatic hydroxyl groups is 1. The molecule has 0 unspecified atom stereocenters. The highest BCUT2D eigenvalue weighted by molar-refractivity contribution is 6.30. The van der Waals surface area contributed by atoms with Crippen LogP contribution in [-0.4, -0.2) is 38.7 Å². The molecule has 1 saturated heterocycles. The molecule has 1 aliphatic carbocycles. The standard InChI is InChI=1S/C23H30ClN3O/c1-16-14-19(26-23(25-16)17-9-11-18(24)12-10-17)15-27-13-5-4-7-21(27)20-6-2-3-8-22(20)28/h9-12,14,20-22,28H,2-8,13,15H2,1H3/t20-,21+,22-/m0/s1. The van der Waals surface area contributed by atoms with Crippen LogP contribution in [0.15, 0.2) is 30.3 Å². The Labute approximate surface area is 173 Å². The van der Waals surface area contributed by atoms with E-state index in [1.807, 2.05) is 31.2 Å². The molecule has 4 rings (SSSR count). The van der Waals surface area contributed by atoms with Crippen LogP contribution in [0.1, 0.15) is 56.3 Å². The van der Waals surface area contributed by atoms with E-state index in [0.717, 1.165) is 53.7 Å². The SMILES string of the molecule is Cc1cc(CN2CCCC[C@@H]2[C@@H]2CCCC[C@@H]2O)nc(-c2ccc(Cl)cc2)n1. The Morgan fingerprint density at radius 2 is 1.79 bits per heavy atom. The Morgan fingerprint density at radius 3 is 2.57 bits per heavy atom. The molecule has 2 aromatic rings. The molecule has 0 radical (unpaired) electrons. The van der Waals surface area contributed by atoms with Gasteiger partial charge in [-0.15, -0.1) is 0 Å². The number of hydrogen-bond donors (Lipinski definition) is 1. The zero-order valence-electron chi connectivity index (χ0n) is 16.6. The maximum atomic E-state index is 10.6. The van der Waals surface area contributed by atoms with Crippen molar-refractivity contribution in [3.05, 3.63) is 46.7 Å². The number of nitrogens with zero attached hydrogens (tertiary/aromatic N) is 3. The number of halogens is 1. The fourth-order valence-electron chi connectivity index (χ4n) is 4.94. The number of aryl methyl sites for hydroxylation is 1. The largest absolute Gasteiger partial charge is 0.393 e. The maximum absolute atomic E-state index is 10.6. The number of aliphatic hydroxyl groups excluding tert-OH is 1. The van der Waals surface area contributed by atoms with Crippen molar-refractivity contribution in [1.82, 2.24) is 14.9 Å². The van der Waals surface area contributed by atoms with Gasteiger partial charge in [0.2, 0.25) is 0 Å². The molecule has 0 spiro atoms. The Hall–Kier alpha value is -1.49.